The Bertz CT molecular complexity index is 119. The van der Waals surface area contributed by atoms with Gasteiger partial charge >= 0.3 is 0 Å². The van der Waals surface area contributed by atoms with E-state index in [1.807, 2.05) is 13.8 Å². The second-order valence-corrected chi connectivity index (χ2v) is 4.57. The number of rotatable bonds is 5. The summed E-state index contributed by atoms with van der Waals surface area (Å²) >= 11 is 0. The van der Waals surface area contributed by atoms with E-state index in [4.69, 9.17) is 4.74 Å². The summed E-state index contributed by atoms with van der Waals surface area (Å²) in [6.45, 7) is 8.91. The van der Waals surface area contributed by atoms with Gasteiger partial charge in [-0.05, 0) is 12.3 Å². The van der Waals surface area contributed by atoms with Crippen molar-refractivity contribution < 1.29 is 9.84 Å². The number of methoxy groups -OCH3 is 1. The molecule has 0 radical (unpaired) electrons. The molecule has 0 rings (SSSR count). The summed E-state index contributed by atoms with van der Waals surface area (Å²) in [6.07, 6.45) is 0.577. The number of hydrogen-bond acceptors (Lipinski definition) is 2. The van der Waals surface area contributed by atoms with Gasteiger partial charge < -0.3 is 9.84 Å². The van der Waals surface area contributed by atoms with Crippen molar-refractivity contribution in [2.24, 2.45) is 11.3 Å². The van der Waals surface area contributed by atoms with E-state index >= 15 is 0 Å². The smallest absolute Gasteiger partial charge is 0.0615 e. The first-order valence-corrected chi connectivity index (χ1v) is 4.57. The molecular weight excluding hydrogens is 152 g/mol. The molecule has 0 aliphatic rings. The van der Waals surface area contributed by atoms with Gasteiger partial charge in [0.05, 0.1) is 12.7 Å². The van der Waals surface area contributed by atoms with Crippen LogP contribution in [0.3, 0.4) is 0 Å². The van der Waals surface area contributed by atoms with Crippen molar-refractivity contribution in [1.82, 2.24) is 0 Å². The van der Waals surface area contributed by atoms with Gasteiger partial charge in [-0.3, -0.25) is 0 Å². The summed E-state index contributed by atoms with van der Waals surface area (Å²) in [6, 6.07) is 0. The van der Waals surface area contributed by atoms with Crippen LogP contribution in [-0.4, -0.2) is 24.9 Å². The van der Waals surface area contributed by atoms with Crippen molar-refractivity contribution in [2.45, 2.75) is 40.2 Å². The molecule has 12 heavy (non-hydrogen) atoms. The van der Waals surface area contributed by atoms with E-state index in [1.165, 1.54) is 0 Å². The van der Waals surface area contributed by atoms with E-state index in [9.17, 15) is 5.11 Å². The number of hydrogen-bond donors (Lipinski definition) is 1. The van der Waals surface area contributed by atoms with Crippen LogP contribution in [-0.2, 0) is 4.74 Å². The predicted octanol–water partition coefficient (Wildman–Crippen LogP) is 2.07. The molecule has 0 saturated heterocycles. The molecule has 0 unspecified atom stereocenters. The largest absolute Gasteiger partial charge is 0.392 e. The van der Waals surface area contributed by atoms with E-state index in [2.05, 4.69) is 13.8 Å². The van der Waals surface area contributed by atoms with Crippen molar-refractivity contribution in [3.05, 3.63) is 0 Å². The molecule has 0 fully saturated rings. The molecule has 0 amide bonds. The first-order chi connectivity index (χ1) is 5.40. The van der Waals surface area contributed by atoms with Crippen LogP contribution in [0.1, 0.15) is 34.1 Å². The molecule has 0 saturated carbocycles. The Morgan fingerprint density at radius 2 is 1.83 bits per heavy atom. The van der Waals surface area contributed by atoms with Gasteiger partial charge in [-0.2, -0.15) is 0 Å². The first-order valence-electron chi connectivity index (χ1n) is 4.57. The quantitative estimate of drug-likeness (QED) is 0.691. The van der Waals surface area contributed by atoms with Gasteiger partial charge in [0, 0.05) is 12.5 Å². The molecule has 0 spiro atoms. The fraction of sp³-hybridized carbons (Fsp3) is 1.00. The van der Waals surface area contributed by atoms with Crippen LogP contribution in [0.25, 0.3) is 0 Å². The summed E-state index contributed by atoms with van der Waals surface area (Å²) in [4.78, 5) is 0. The topological polar surface area (TPSA) is 29.5 Å². The molecule has 0 aliphatic carbocycles. The minimum atomic E-state index is -0.266. The second kappa shape index (κ2) is 4.83. The maximum absolute atomic E-state index is 9.80. The molecule has 0 aromatic carbocycles. The summed E-state index contributed by atoms with van der Waals surface area (Å²) < 4.78 is 5.05. The van der Waals surface area contributed by atoms with Gasteiger partial charge in [0.25, 0.3) is 0 Å². The predicted molar refractivity (Wildman–Crippen MR) is 51.1 cm³/mol. The average molecular weight is 174 g/mol. The number of aliphatic hydroxyl groups excluding tert-OH is 1. The van der Waals surface area contributed by atoms with E-state index < -0.39 is 0 Å². The normalized spacial score (nSPS) is 15.2. The Hall–Kier alpha value is -0.0800. The molecule has 0 aromatic rings. The Kier molecular flexibility index (Phi) is 4.80. The third-order valence-electron chi connectivity index (χ3n) is 2.11. The van der Waals surface area contributed by atoms with Crippen molar-refractivity contribution in [3.8, 4) is 0 Å². The zero-order chi connectivity index (χ0) is 9.78. The Morgan fingerprint density at radius 3 is 2.17 bits per heavy atom. The number of ether oxygens (including phenoxy) is 1. The average Bonchev–Trinajstić information content (AvgIpc) is 1.85. The first kappa shape index (κ1) is 11.9. The lowest BCUT2D eigenvalue weighted by Crippen LogP contribution is -2.34. The van der Waals surface area contributed by atoms with Crippen LogP contribution in [0.4, 0.5) is 0 Å². The SMILES string of the molecule is COCC(C)(C)[C@@H](O)CC(C)C. The summed E-state index contributed by atoms with van der Waals surface area (Å²) in [5.41, 5.74) is -0.126. The summed E-state index contributed by atoms with van der Waals surface area (Å²) in [5.74, 6) is 0.538. The van der Waals surface area contributed by atoms with Crippen LogP contribution in [0.2, 0.25) is 0 Å². The minimum absolute atomic E-state index is 0.126. The fourth-order valence-corrected chi connectivity index (χ4v) is 1.23. The van der Waals surface area contributed by atoms with Crippen molar-refractivity contribution in [1.29, 1.82) is 0 Å². The van der Waals surface area contributed by atoms with Gasteiger partial charge in [0.15, 0.2) is 0 Å². The van der Waals surface area contributed by atoms with Gasteiger partial charge in [-0.1, -0.05) is 27.7 Å². The highest BCUT2D eigenvalue weighted by Gasteiger charge is 2.27. The maximum atomic E-state index is 9.80. The molecule has 0 aromatic heterocycles. The second-order valence-electron chi connectivity index (χ2n) is 4.57. The van der Waals surface area contributed by atoms with Gasteiger partial charge in [0.2, 0.25) is 0 Å². The van der Waals surface area contributed by atoms with E-state index in [0.29, 0.717) is 12.5 Å². The highest BCUT2D eigenvalue weighted by atomic mass is 16.5. The van der Waals surface area contributed by atoms with Crippen molar-refractivity contribution >= 4 is 0 Å². The number of aliphatic hydroxyl groups is 1. The molecule has 0 heterocycles. The van der Waals surface area contributed by atoms with Crippen molar-refractivity contribution in [2.75, 3.05) is 13.7 Å². The molecular formula is C10H22O2. The molecule has 2 heteroatoms. The molecule has 2 nitrogen and oxygen atoms in total. The fourth-order valence-electron chi connectivity index (χ4n) is 1.23. The third-order valence-corrected chi connectivity index (χ3v) is 2.11. The summed E-state index contributed by atoms with van der Waals surface area (Å²) in [5, 5.41) is 9.80. The van der Waals surface area contributed by atoms with Crippen LogP contribution in [0.5, 0.6) is 0 Å². The zero-order valence-electron chi connectivity index (χ0n) is 8.92. The Morgan fingerprint density at radius 1 is 1.33 bits per heavy atom. The molecule has 74 valence electrons. The highest BCUT2D eigenvalue weighted by Crippen LogP contribution is 2.25. The molecule has 1 atom stereocenters. The van der Waals surface area contributed by atoms with E-state index in [0.717, 1.165) is 6.42 Å². The highest BCUT2D eigenvalue weighted by molar-refractivity contribution is 4.78. The minimum Gasteiger partial charge on any atom is -0.392 e. The van der Waals surface area contributed by atoms with Gasteiger partial charge in [-0.15, -0.1) is 0 Å². The van der Waals surface area contributed by atoms with Crippen LogP contribution >= 0.6 is 0 Å². The lowest BCUT2D eigenvalue weighted by atomic mass is 9.83. The van der Waals surface area contributed by atoms with Crippen LogP contribution in [0, 0.1) is 11.3 Å². The van der Waals surface area contributed by atoms with Gasteiger partial charge in [0.1, 0.15) is 0 Å². The molecule has 1 N–H and O–H groups in total. The third kappa shape index (κ3) is 4.07. The monoisotopic (exact) mass is 174 g/mol. The lowest BCUT2D eigenvalue weighted by Gasteiger charge is -2.30. The van der Waals surface area contributed by atoms with Gasteiger partial charge in [-0.25, -0.2) is 0 Å². The summed E-state index contributed by atoms with van der Waals surface area (Å²) in [7, 11) is 1.67. The molecule has 0 bridgehead atoms. The van der Waals surface area contributed by atoms with Crippen LogP contribution in [0.15, 0.2) is 0 Å². The maximum Gasteiger partial charge on any atom is 0.0615 e. The Labute approximate surface area is 75.9 Å². The molecule has 0 aliphatic heterocycles. The zero-order valence-corrected chi connectivity index (χ0v) is 8.92. The van der Waals surface area contributed by atoms with Crippen LogP contribution < -0.4 is 0 Å². The van der Waals surface area contributed by atoms with E-state index in [1.54, 1.807) is 7.11 Å². The Balaban J connectivity index is 3.96. The standard InChI is InChI=1S/C10H22O2/c1-8(2)6-9(11)10(3,4)7-12-5/h8-9,11H,6-7H2,1-5H3/t9-/m0/s1. The van der Waals surface area contributed by atoms with Crippen molar-refractivity contribution in [3.63, 3.8) is 0 Å². The van der Waals surface area contributed by atoms with E-state index in [-0.39, 0.29) is 11.5 Å². The lowest BCUT2D eigenvalue weighted by molar-refractivity contribution is -0.0182.